The van der Waals surface area contributed by atoms with E-state index in [1.54, 1.807) is 24.3 Å². The van der Waals surface area contributed by atoms with Gasteiger partial charge < -0.3 is 14.6 Å². The second-order valence-electron chi connectivity index (χ2n) is 4.91. The highest BCUT2D eigenvalue weighted by Crippen LogP contribution is 2.25. The minimum Gasteiger partial charge on any atom is -0.451 e. The highest BCUT2D eigenvalue weighted by atomic mass is 35.5. The number of esters is 1. The lowest BCUT2D eigenvalue weighted by Gasteiger charge is -2.14. The number of rotatable bonds is 5. The Morgan fingerprint density at radius 3 is 2.67 bits per heavy atom. The van der Waals surface area contributed by atoms with E-state index in [1.807, 2.05) is 0 Å². The van der Waals surface area contributed by atoms with Crippen LogP contribution in [-0.2, 0) is 20.9 Å². The number of ether oxygens (including phenoxy) is 1. The first kappa shape index (κ1) is 18.0. The average Bonchev–Trinajstić information content (AvgIpc) is 2.52. The molecule has 0 saturated heterocycles. The number of carbonyl (C=O) groups excluding carboxylic acids is 2. The number of anilines is 1. The molecule has 0 radical (unpaired) electrons. The van der Waals surface area contributed by atoms with Crippen molar-refractivity contribution in [1.82, 2.24) is 4.57 Å². The molecule has 1 amide bonds. The van der Waals surface area contributed by atoms with Crippen LogP contribution in [0.25, 0.3) is 0 Å². The van der Waals surface area contributed by atoms with Crippen LogP contribution < -0.4 is 10.9 Å². The van der Waals surface area contributed by atoms with E-state index in [0.717, 1.165) is 0 Å². The monoisotopic (exact) mass is 368 g/mol. The lowest BCUT2D eigenvalue weighted by atomic mass is 10.3. The van der Waals surface area contributed by atoms with Crippen molar-refractivity contribution in [2.75, 3.05) is 5.32 Å². The van der Waals surface area contributed by atoms with E-state index >= 15 is 0 Å². The molecule has 126 valence electrons. The van der Waals surface area contributed by atoms with Crippen LogP contribution in [0, 0.1) is 0 Å². The molecular formula is C16H14Cl2N2O4. The summed E-state index contributed by atoms with van der Waals surface area (Å²) in [6.45, 7) is 1.14. The van der Waals surface area contributed by atoms with Gasteiger partial charge in [-0.15, -0.1) is 0 Å². The molecule has 0 saturated carbocycles. The first-order valence-electron chi connectivity index (χ1n) is 6.97. The molecule has 6 nitrogen and oxygen atoms in total. The van der Waals surface area contributed by atoms with Gasteiger partial charge in [0.25, 0.3) is 11.5 Å². The fourth-order valence-corrected chi connectivity index (χ4v) is 2.30. The minimum absolute atomic E-state index is 0.269. The second-order valence-corrected chi connectivity index (χ2v) is 5.76. The van der Waals surface area contributed by atoms with E-state index < -0.39 is 18.0 Å². The fourth-order valence-electron chi connectivity index (χ4n) is 1.84. The number of nitrogens with zero attached hydrogens (tertiary/aromatic N) is 1. The van der Waals surface area contributed by atoms with Gasteiger partial charge in [-0.3, -0.25) is 14.4 Å². The van der Waals surface area contributed by atoms with Crippen LogP contribution in [0.3, 0.4) is 0 Å². The Morgan fingerprint density at radius 2 is 2.00 bits per heavy atom. The number of hydrogen-bond donors (Lipinski definition) is 1. The molecule has 1 atom stereocenters. The Morgan fingerprint density at radius 1 is 1.25 bits per heavy atom. The van der Waals surface area contributed by atoms with Gasteiger partial charge in [0.05, 0.1) is 10.7 Å². The summed E-state index contributed by atoms with van der Waals surface area (Å²) in [5, 5.41) is 3.25. The van der Waals surface area contributed by atoms with Crippen LogP contribution in [0.1, 0.15) is 6.92 Å². The highest BCUT2D eigenvalue weighted by molar-refractivity contribution is 6.36. The quantitative estimate of drug-likeness (QED) is 0.823. The molecule has 1 heterocycles. The van der Waals surface area contributed by atoms with Crippen molar-refractivity contribution in [3.05, 3.63) is 63.0 Å². The molecule has 1 aromatic heterocycles. The molecule has 2 aromatic rings. The van der Waals surface area contributed by atoms with Crippen LogP contribution in [0.15, 0.2) is 47.4 Å². The van der Waals surface area contributed by atoms with Gasteiger partial charge in [0, 0.05) is 17.3 Å². The predicted molar refractivity (Wildman–Crippen MR) is 91.3 cm³/mol. The molecule has 0 aliphatic heterocycles. The summed E-state index contributed by atoms with van der Waals surface area (Å²) in [6, 6.07) is 9.11. The third-order valence-corrected chi connectivity index (χ3v) is 3.61. The predicted octanol–water partition coefficient (Wildman–Crippen LogP) is 2.73. The Hall–Kier alpha value is -2.31. The number of amides is 1. The van der Waals surface area contributed by atoms with Gasteiger partial charge >= 0.3 is 5.97 Å². The maximum atomic E-state index is 12.1. The third kappa shape index (κ3) is 4.84. The van der Waals surface area contributed by atoms with E-state index in [4.69, 9.17) is 27.9 Å². The van der Waals surface area contributed by atoms with Crippen LogP contribution in [0.5, 0.6) is 0 Å². The van der Waals surface area contributed by atoms with E-state index in [1.165, 1.54) is 29.8 Å². The van der Waals surface area contributed by atoms with Crippen molar-refractivity contribution in [3.8, 4) is 0 Å². The molecule has 0 unspecified atom stereocenters. The van der Waals surface area contributed by atoms with Crippen molar-refractivity contribution >= 4 is 40.8 Å². The fraction of sp³-hybridized carbons (Fsp3) is 0.188. The summed E-state index contributed by atoms with van der Waals surface area (Å²) in [5.74, 6) is -1.25. The normalized spacial score (nSPS) is 11.6. The first-order chi connectivity index (χ1) is 11.4. The van der Waals surface area contributed by atoms with Crippen molar-refractivity contribution in [1.29, 1.82) is 0 Å². The maximum absolute atomic E-state index is 12.1. The smallest absolute Gasteiger partial charge is 0.326 e. The van der Waals surface area contributed by atoms with Crippen LogP contribution in [0.2, 0.25) is 10.0 Å². The summed E-state index contributed by atoms with van der Waals surface area (Å²) in [4.78, 5) is 35.4. The van der Waals surface area contributed by atoms with Gasteiger partial charge in [0.2, 0.25) is 0 Å². The minimum atomic E-state index is -1.05. The number of halogens is 2. The van der Waals surface area contributed by atoms with Gasteiger partial charge in [0.1, 0.15) is 6.54 Å². The van der Waals surface area contributed by atoms with Gasteiger partial charge in [-0.2, -0.15) is 0 Å². The molecule has 0 fully saturated rings. The van der Waals surface area contributed by atoms with Crippen molar-refractivity contribution in [2.24, 2.45) is 0 Å². The maximum Gasteiger partial charge on any atom is 0.326 e. The largest absolute Gasteiger partial charge is 0.451 e. The van der Waals surface area contributed by atoms with E-state index in [9.17, 15) is 14.4 Å². The number of carbonyl (C=O) groups is 2. The van der Waals surface area contributed by atoms with E-state index in [-0.39, 0.29) is 17.1 Å². The summed E-state index contributed by atoms with van der Waals surface area (Å²) < 4.78 is 6.21. The van der Waals surface area contributed by atoms with Gasteiger partial charge in [-0.05, 0) is 31.2 Å². The summed E-state index contributed by atoms with van der Waals surface area (Å²) in [6.07, 6.45) is 0.408. The number of aromatic nitrogens is 1. The first-order valence-corrected chi connectivity index (χ1v) is 7.73. The molecule has 8 heteroatoms. The summed E-state index contributed by atoms with van der Waals surface area (Å²) in [7, 11) is 0. The van der Waals surface area contributed by atoms with Crippen molar-refractivity contribution < 1.29 is 14.3 Å². The molecule has 1 aromatic carbocycles. The SMILES string of the molecule is C[C@H](OC(=O)Cn1ccccc1=O)C(=O)Nc1ccc(Cl)cc1Cl. The van der Waals surface area contributed by atoms with Crippen molar-refractivity contribution in [3.63, 3.8) is 0 Å². The molecule has 2 rings (SSSR count). The Labute approximate surface area is 147 Å². The van der Waals surface area contributed by atoms with Crippen LogP contribution in [0.4, 0.5) is 5.69 Å². The number of hydrogen-bond acceptors (Lipinski definition) is 4. The van der Waals surface area contributed by atoms with Gasteiger partial charge in [0.15, 0.2) is 6.10 Å². The Kier molecular flexibility index (Phi) is 6.00. The number of nitrogens with one attached hydrogen (secondary N) is 1. The van der Waals surface area contributed by atoms with Crippen LogP contribution >= 0.6 is 23.2 Å². The third-order valence-electron chi connectivity index (χ3n) is 3.06. The van der Waals surface area contributed by atoms with E-state index in [2.05, 4.69) is 5.32 Å². The zero-order valence-electron chi connectivity index (χ0n) is 12.7. The van der Waals surface area contributed by atoms with Gasteiger partial charge in [-0.25, -0.2) is 0 Å². The molecule has 0 aliphatic carbocycles. The Balaban J connectivity index is 1.94. The van der Waals surface area contributed by atoms with Crippen molar-refractivity contribution in [2.45, 2.75) is 19.6 Å². The molecule has 1 N–H and O–H groups in total. The summed E-state index contributed by atoms with van der Waals surface area (Å²) >= 11 is 11.7. The zero-order chi connectivity index (χ0) is 17.7. The number of benzene rings is 1. The molecular weight excluding hydrogens is 355 g/mol. The zero-order valence-corrected chi connectivity index (χ0v) is 14.2. The molecule has 0 spiro atoms. The standard InChI is InChI=1S/C16H14Cl2N2O4/c1-10(16(23)19-13-6-5-11(17)8-12(13)18)24-15(22)9-20-7-3-2-4-14(20)21/h2-8,10H,9H2,1H3,(H,19,23)/t10-/m0/s1. The molecule has 0 aliphatic rings. The van der Waals surface area contributed by atoms with E-state index in [0.29, 0.717) is 10.7 Å². The highest BCUT2D eigenvalue weighted by Gasteiger charge is 2.19. The lowest BCUT2D eigenvalue weighted by Crippen LogP contribution is -2.32. The molecule has 0 bridgehead atoms. The lowest BCUT2D eigenvalue weighted by molar-refractivity contribution is -0.153. The average molecular weight is 369 g/mol. The Bertz CT molecular complexity index is 820. The summed E-state index contributed by atoms with van der Waals surface area (Å²) in [5.41, 5.74) is 0.0211. The number of pyridine rings is 1. The van der Waals surface area contributed by atoms with Crippen LogP contribution in [-0.4, -0.2) is 22.5 Å². The molecule has 24 heavy (non-hydrogen) atoms. The second kappa shape index (κ2) is 7.99. The van der Waals surface area contributed by atoms with Gasteiger partial charge in [-0.1, -0.05) is 29.3 Å². The topological polar surface area (TPSA) is 77.4 Å².